The van der Waals surface area contributed by atoms with Crippen molar-refractivity contribution in [1.29, 1.82) is 0 Å². The van der Waals surface area contributed by atoms with Gasteiger partial charge < -0.3 is 18.9 Å². The van der Waals surface area contributed by atoms with Gasteiger partial charge in [-0.2, -0.15) is 0 Å². The van der Waals surface area contributed by atoms with Crippen LogP contribution < -0.4 is 18.9 Å². The van der Waals surface area contributed by atoms with Crippen molar-refractivity contribution in [1.82, 2.24) is 0 Å². The smallest absolute Gasteiger partial charge is 0.338 e. The number of allylic oxidation sites excluding steroid dienone is 2. The Morgan fingerprint density at radius 1 is 0.639 bits per heavy atom. The first-order valence-corrected chi connectivity index (χ1v) is 11.6. The minimum Gasteiger partial charge on any atom is -0.493 e. The zero-order chi connectivity index (χ0) is 26.2. The van der Waals surface area contributed by atoms with Crippen LogP contribution in [0.3, 0.4) is 0 Å². The van der Waals surface area contributed by atoms with Crippen LogP contribution in [0.2, 0.25) is 0 Å². The van der Waals surface area contributed by atoms with Crippen molar-refractivity contribution < 1.29 is 23.7 Å². The molecule has 3 rings (SSSR count). The molecule has 0 aliphatic rings. The first-order valence-electron chi connectivity index (χ1n) is 11.6. The lowest BCUT2D eigenvalue weighted by Crippen LogP contribution is -2.09. The third-order valence-electron chi connectivity index (χ3n) is 5.05. The van der Waals surface area contributed by atoms with Crippen LogP contribution in [-0.2, 0) is 4.79 Å². The Bertz CT molecular complexity index is 1310. The number of carbonyl (C=O) groups is 1. The minimum atomic E-state index is -0.499. The Balaban J connectivity index is 1.92. The van der Waals surface area contributed by atoms with Crippen molar-refractivity contribution in [2.24, 2.45) is 0 Å². The Hall–Kier alpha value is -4.25. The maximum Gasteiger partial charge on any atom is 0.338 e. The van der Waals surface area contributed by atoms with Gasteiger partial charge in [-0.3, -0.25) is 0 Å². The van der Waals surface area contributed by atoms with Gasteiger partial charge in [-0.15, -0.1) is 0 Å². The number of carbonyl (C=O) groups excluding carboxylic acids is 1. The van der Waals surface area contributed by atoms with E-state index in [1.807, 2.05) is 82.3 Å². The van der Waals surface area contributed by atoms with Gasteiger partial charge >= 0.3 is 5.97 Å². The molecule has 36 heavy (non-hydrogen) atoms. The van der Waals surface area contributed by atoms with E-state index in [0.717, 1.165) is 33.4 Å². The summed E-state index contributed by atoms with van der Waals surface area (Å²) in [7, 11) is 1.62. The largest absolute Gasteiger partial charge is 0.493 e. The van der Waals surface area contributed by atoms with Gasteiger partial charge in [-0.25, -0.2) is 4.79 Å². The number of rotatable bonds is 9. The van der Waals surface area contributed by atoms with E-state index in [9.17, 15) is 4.79 Å². The number of esters is 1. The third-order valence-corrected chi connectivity index (χ3v) is 5.05. The molecule has 5 nitrogen and oxygen atoms in total. The fraction of sp³-hybridized carbons (Fsp3) is 0.194. The number of hydrogen-bond acceptors (Lipinski definition) is 5. The quantitative estimate of drug-likeness (QED) is 0.133. The fourth-order valence-corrected chi connectivity index (χ4v) is 3.22. The number of methoxy groups -OCH3 is 1. The molecular formula is C31H32O5. The molecule has 0 amide bonds. The lowest BCUT2D eigenvalue weighted by Gasteiger charge is -2.13. The summed E-state index contributed by atoms with van der Waals surface area (Å²) < 4.78 is 22.5. The van der Waals surface area contributed by atoms with Crippen LogP contribution >= 0.6 is 0 Å². The van der Waals surface area contributed by atoms with Gasteiger partial charge in [0.05, 0.1) is 19.6 Å². The van der Waals surface area contributed by atoms with Crippen molar-refractivity contribution in [3.63, 3.8) is 0 Å². The summed E-state index contributed by atoms with van der Waals surface area (Å²) in [5.74, 6) is 1.61. The average molecular weight is 485 g/mol. The standard InChI is InChI=1S/C31H32O5/c1-20(2)18-34-29-16-25(12-14-27(29)33-7)23-8-10-24(11-9-23)26-13-15-28(36-31(32)22(5)6)30(17-26)35-19-21(3)4/h8-19H,5H2,1-4,6-7H3. The summed E-state index contributed by atoms with van der Waals surface area (Å²) in [6, 6.07) is 19.5. The Morgan fingerprint density at radius 2 is 1.06 bits per heavy atom. The van der Waals surface area contributed by atoms with Gasteiger partial charge in [0, 0.05) is 5.57 Å². The molecular weight excluding hydrogens is 452 g/mol. The van der Waals surface area contributed by atoms with Crippen molar-refractivity contribution in [2.45, 2.75) is 34.6 Å². The van der Waals surface area contributed by atoms with Crippen molar-refractivity contribution in [2.75, 3.05) is 7.11 Å². The van der Waals surface area contributed by atoms with Gasteiger partial charge in [0.25, 0.3) is 0 Å². The molecule has 0 aliphatic carbocycles. The Morgan fingerprint density at radius 3 is 1.47 bits per heavy atom. The second-order valence-corrected chi connectivity index (χ2v) is 8.90. The van der Waals surface area contributed by atoms with Gasteiger partial charge in [-0.05, 0) is 92.3 Å². The van der Waals surface area contributed by atoms with E-state index in [-0.39, 0.29) is 0 Å². The summed E-state index contributed by atoms with van der Waals surface area (Å²) in [6.07, 6.45) is 3.33. The van der Waals surface area contributed by atoms with Crippen LogP contribution in [0.4, 0.5) is 0 Å². The van der Waals surface area contributed by atoms with Crippen LogP contribution in [0, 0.1) is 0 Å². The molecule has 0 saturated carbocycles. The van der Waals surface area contributed by atoms with Crippen molar-refractivity contribution in [3.8, 4) is 45.3 Å². The maximum atomic E-state index is 12.1. The van der Waals surface area contributed by atoms with E-state index >= 15 is 0 Å². The molecule has 0 unspecified atom stereocenters. The molecule has 0 N–H and O–H groups in total. The maximum absolute atomic E-state index is 12.1. The molecule has 0 aromatic heterocycles. The predicted octanol–water partition coefficient (Wildman–Crippen LogP) is 8.12. The molecule has 0 bridgehead atoms. The van der Waals surface area contributed by atoms with E-state index in [4.69, 9.17) is 18.9 Å². The highest BCUT2D eigenvalue weighted by molar-refractivity contribution is 5.89. The van der Waals surface area contributed by atoms with E-state index in [0.29, 0.717) is 28.6 Å². The lowest BCUT2D eigenvalue weighted by molar-refractivity contribution is -0.130. The number of ether oxygens (including phenoxy) is 4. The van der Waals surface area contributed by atoms with Gasteiger partial charge in [0.1, 0.15) is 0 Å². The molecule has 3 aromatic rings. The second-order valence-electron chi connectivity index (χ2n) is 8.90. The Kier molecular flexibility index (Phi) is 8.74. The van der Waals surface area contributed by atoms with Crippen LogP contribution in [0.25, 0.3) is 22.3 Å². The molecule has 0 fully saturated rings. The first kappa shape index (κ1) is 26.4. The SMILES string of the molecule is C=C(C)C(=O)Oc1ccc(-c2ccc(-c3ccc(OC)c(OC=C(C)C)c3)cc2)cc1OC=C(C)C. The van der Waals surface area contributed by atoms with E-state index in [1.165, 1.54) is 0 Å². The summed E-state index contributed by atoms with van der Waals surface area (Å²) in [6.45, 7) is 13.1. The topological polar surface area (TPSA) is 54.0 Å². The first-order chi connectivity index (χ1) is 17.2. The van der Waals surface area contributed by atoms with Gasteiger partial charge in [0.15, 0.2) is 23.0 Å². The van der Waals surface area contributed by atoms with Crippen LogP contribution in [0.1, 0.15) is 34.6 Å². The van der Waals surface area contributed by atoms with Crippen molar-refractivity contribution >= 4 is 5.97 Å². The van der Waals surface area contributed by atoms with Gasteiger partial charge in [-0.1, -0.05) is 43.0 Å². The zero-order valence-corrected chi connectivity index (χ0v) is 21.7. The lowest BCUT2D eigenvalue weighted by atomic mass is 9.99. The normalized spacial score (nSPS) is 10.2. The predicted molar refractivity (Wildman–Crippen MR) is 144 cm³/mol. The highest BCUT2D eigenvalue weighted by Crippen LogP contribution is 2.36. The highest BCUT2D eigenvalue weighted by Gasteiger charge is 2.13. The summed E-state index contributed by atoms with van der Waals surface area (Å²) >= 11 is 0. The van der Waals surface area contributed by atoms with E-state index in [2.05, 4.69) is 6.58 Å². The van der Waals surface area contributed by atoms with Crippen molar-refractivity contribution in [3.05, 3.63) is 96.5 Å². The highest BCUT2D eigenvalue weighted by atomic mass is 16.6. The van der Waals surface area contributed by atoms with E-state index in [1.54, 1.807) is 32.6 Å². The molecule has 0 atom stereocenters. The molecule has 5 heteroatoms. The molecule has 0 aliphatic heterocycles. The Labute approximate surface area is 213 Å². The second kappa shape index (κ2) is 11.9. The molecule has 3 aromatic carbocycles. The molecule has 186 valence electrons. The monoisotopic (exact) mass is 484 g/mol. The minimum absolute atomic E-state index is 0.316. The molecule has 0 saturated heterocycles. The van der Waals surface area contributed by atoms with Crippen LogP contribution in [-0.4, -0.2) is 13.1 Å². The summed E-state index contributed by atoms with van der Waals surface area (Å²) in [4.78, 5) is 12.1. The van der Waals surface area contributed by atoms with Gasteiger partial charge in [0.2, 0.25) is 0 Å². The third kappa shape index (κ3) is 6.89. The van der Waals surface area contributed by atoms with E-state index < -0.39 is 5.97 Å². The van der Waals surface area contributed by atoms with Crippen LogP contribution in [0.5, 0.6) is 23.0 Å². The number of hydrogen-bond donors (Lipinski definition) is 0. The van der Waals surface area contributed by atoms with Crippen LogP contribution in [0.15, 0.2) is 96.5 Å². The summed E-state index contributed by atoms with van der Waals surface area (Å²) in [5, 5.41) is 0. The molecule has 0 heterocycles. The fourth-order valence-electron chi connectivity index (χ4n) is 3.22. The molecule has 0 spiro atoms. The zero-order valence-electron chi connectivity index (χ0n) is 21.7. The molecule has 0 radical (unpaired) electrons. The summed E-state index contributed by atoms with van der Waals surface area (Å²) in [5.41, 5.74) is 6.32. The average Bonchev–Trinajstić information content (AvgIpc) is 2.86. The number of benzene rings is 3.